The van der Waals surface area contributed by atoms with Crippen molar-refractivity contribution in [3.8, 4) is 0 Å². The molecule has 1 amide bonds. The predicted molar refractivity (Wildman–Crippen MR) is 82.9 cm³/mol. The third-order valence-electron chi connectivity index (χ3n) is 4.85. The lowest BCUT2D eigenvalue weighted by atomic mass is 9.67. The molecule has 1 aromatic rings. The van der Waals surface area contributed by atoms with E-state index in [1.807, 2.05) is 0 Å². The van der Waals surface area contributed by atoms with Crippen molar-refractivity contribution in [3.63, 3.8) is 0 Å². The molecule has 1 aromatic carbocycles. The molecule has 2 aliphatic rings. The number of nitrogens with one attached hydrogen (secondary N) is 1. The number of nitrogens with two attached hydrogens (primary N) is 1. The molecule has 0 saturated heterocycles. The molecule has 22 heavy (non-hydrogen) atoms. The first-order valence-electron chi connectivity index (χ1n) is 7.56. The molecule has 2 fully saturated rings. The monoisotopic (exact) mass is 330 g/mol. The van der Waals surface area contributed by atoms with Gasteiger partial charge < -0.3 is 11.1 Å². The van der Waals surface area contributed by atoms with Gasteiger partial charge in [0.15, 0.2) is 0 Å². The third-order valence-corrected chi connectivity index (χ3v) is 4.85. The number of hydrogen-bond donors (Lipinski definition) is 2. The van der Waals surface area contributed by atoms with Crippen LogP contribution in [0, 0.1) is 23.5 Å². The zero-order chi connectivity index (χ0) is 15.0. The van der Waals surface area contributed by atoms with Crippen LogP contribution in [0.3, 0.4) is 0 Å². The van der Waals surface area contributed by atoms with Crippen LogP contribution >= 0.6 is 12.4 Å². The summed E-state index contributed by atoms with van der Waals surface area (Å²) in [6.45, 7) is 0. The Hall–Kier alpha value is -1.20. The Morgan fingerprint density at radius 1 is 1.18 bits per heavy atom. The number of fused-ring (bicyclic) bond motifs is 2. The van der Waals surface area contributed by atoms with Crippen molar-refractivity contribution < 1.29 is 13.6 Å². The van der Waals surface area contributed by atoms with E-state index in [0.29, 0.717) is 11.8 Å². The van der Waals surface area contributed by atoms with Gasteiger partial charge in [-0.25, -0.2) is 8.78 Å². The zero-order valence-electron chi connectivity index (χ0n) is 12.2. The van der Waals surface area contributed by atoms with Crippen LogP contribution in [0.25, 0.3) is 0 Å². The highest BCUT2D eigenvalue weighted by atomic mass is 35.5. The number of benzene rings is 1. The maximum Gasteiger partial charge on any atom is 0.254 e. The molecule has 3 rings (SSSR count). The Morgan fingerprint density at radius 3 is 2.45 bits per heavy atom. The number of hydrogen-bond acceptors (Lipinski definition) is 2. The van der Waals surface area contributed by atoms with E-state index in [-0.39, 0.29) is 30.1 Å². The van der Waals surface area contributed by atoms with E-state index in [2.05, 4.69) is 5.32 Å². The van der Waals surface area contributed by atoms with Gasteiger partial charge in [-0.1, -0.05) is 6.42 Å². The van der Waals surface area contributed by atoms with Gasteiger partial charge in [-0.05, 0) is 55.7 Å². The van der Waals surface area contributed by atoms with Crippen molar-refractivity contribution in [2.45, 2.75) is 44.2 Å². The minimum Gasteiger partial charge on any atom is -0.349 e. The molecule has 0 radical (unpaired) electrons. The minimum absolute atomic E-state index is 0. The van der Waals surface area contributed by atoms with Crippen molar-refractivity contribution in [2.24, 2.45) is 17.6 Å². The van der Waals surface area contributed by atoms with Crippen LogP contribution in [-0.4, -0.2) is 18.0 Å². The lowest BCUT2D eigenvalue weighted by Gasteiger charge is -2.45. The van der Waals surface area contributed by atoms with Gasteiger partial charge in [0.1, 0.15) is 11.6 Å². The van der Waals surface area contributed by atoms with Crippen LogP contribution < -0.4 is 11.1 Å². The van der Waals surface area contributed by atoms with Crippen LogP contribution in [0.5, 0.6) is 0 Å². The van der Waals surface area contributed by atoms with Crippen molar-refractivity contribution in [2.75, 3.05) is 0 Å². The van der Waals surface area contributed by atoms with E-state index >= 15 is 0 Å². The third kappa shape index (κ3) is 3.41. The summed E-state index contributed by atoms with van der Waals surface area (Å²) < 4.78 is 26.9. The maximum absolute atomic E-state index is 13.7. The number of rotatable bonds is 2. The molecule has 122 valence electrons. The van der Waals surface area contributed by atoms with Gasteiger partial charge in [0, 0.05) is 12.1 Å². The molecule has 2 saturated carbocycles. The molecule has 2 aliphatic carbocycles. The number of amides is 1. The Balaban J connectivity index is 0.00000176. The number of carbonyl (C=O) groups excluding carboxylic acids is 1. The lowest BCUT2D eigenvalue weighted by Crippen LogP contribution is -2.53. The second-order valence-electron chi connectivity index (χ2n) is 6.31. The molecule has 2 atom stereocenters. The Kier molecular flexibility index (Phi) is 5.40. The van der Waals surface area contributed by atoms with Gasteiger partial charge in [0.25, 0.3) is 5.91 Å². The van der Waals surface area contributed by atoms with E-state index in [4.69, 9.17) is 5.73 Å². The van der Waals surface area contributed by atoms with Gasteiger partial charge in [-0.3, -0.25) is 4.79 Å². The van der Waals surface area contributed by atoms with Gasteiger partial charge in [0.05, 0.1) is 5.56 Å². The fourth-order valence-electron chi connectivity index (χ4n) is 3.93. The molecule has 6 heteroatoms. The molecular formula is C16H21ClF2N2O. The highest BCUT2D eigenvalue weighted by Crippen LogP contribution is 2.39. The Bertz CT molecular complexity index is 541. The lowest BCUT2D eigenvalue weighted by molar-refractivity contribution is 0.0752. The average Bonchev–Trinajstić information content (AvgIpc) is 2.42. The molecule has 0 aromatic heterocycles. The summed E-state index contributed by atoms with van der Waals surface area (Å²) in [5.74, 6) is -1.11. The Labute approximate surface area is 135 Å². The summed E-state index contributed by atoms with van der Waals surface area (Å²) in [4.78, 5) is 12.2. The number of halogens is 3. The van der Waals surface area contributed by atoms with Crippen molar-refractivity contribution >= 4 is 18.3 Å². The fraction of sp³-hybridized carbons (Fsp3) is 0.562. The molecule has 0 heterocycles. The van der Waals surface area contributed by atoms with E-state index in [9.17, 15) is 13.6 Å². The van der Waals surface area contributed by atoms with Crippen molar-refractivity contribution in [3.05, 3.63) is 35.4 Å². The maximum atomic E-state index is 13.7. The minimum atomic E-state index is -0.688. The van der Waals surface area contributed by atoms with E-state index in [1.165, 1.54) is 0 Å². The van der Waals surface area contributed by atoms with Crippen LogP contribution in [0.4, 0.5) is 8.78 Å². The average molecular weight is 331 g/mol. The summed E-state index contributed by atoms with van der Waals surface area (Å²) in [7, 11) is 0. The zero-order valence-corrected chi connectivity index (χ0v) is 13.0. The van der Waals surface area contributed by atoms with Gasteiger partial charge in [-0.15, -0.1) is 12.4 Å². The summed E-state index contributed by atoms with van der Waals surface area (Å²) in [6, 6.07) is 3.19. The van der Waals surface area contributed by atoms with Crippen molar-refractivity contribution in [1.82, 2.24) is 5.32 Å². The quantitative estimate of drug-likeness (QED) is 0.875. The fourth-order valence-corrected chi connectivity index (χ4v) is 3.93. The highest BCUT2D eigenvalue weighted by molar-refractivity contribution is 5.94. The molecule has 3 nitrogen and oxygen atoms in total. The van der Waals surface area contributed by atoms with Crippen LogP contribution in [0.2, 0.25) is 0 Å². The SMILES string of the molecule is Cl.NC1CC2CCCC(C1)C2NC(=O)c1cc(F)ccc1F. The first-order valence-corrected chi connectivity index (χ1v) is 7.56. The van der Waals surface area contributed by atoms with Crippen LogP contribution in [0.15, 0.2) is 18.2 Å². The highest BCUT2D eigenvalue weighted by Gasteiger charge is 2.40. The molecule has 3 N–H and O–H groups in total. The molecule has 0 spiro atoms. The van der Waals surface area contributed by atoms with E-state index in [0.717, 1.165) is 50.3 Å². The molecule has 2 bridgehead atoms. The van der Waals surface area contributed by atoms with Crippen LogP contribution in [0.1, 0.15) is 42.5 Å². The van der Waals surface area contributed by atoms with Crippen LogP contribution in [-0.2, 0) is 0 Å². The van der Waals surface area contributed by atoms with Crippen molar-refractivity contribution in [1.29, 1.82) is 0 Å². The summed E-state index contributed by atoms with van der Waals surface area (Å²) >= 11 is 0. The first kappa shape index (κ1) is 17.2. The number of carbonyl (C=O) groups is 1. The molecule has 2 unspecified atom stereocenters. The van der Waals surface area contributed by atoms with Gasteiger partial charge in [0.2, 0.25) is 0 Å². The standard InChI is InChI=1S/C16H20F2N2O.ClH/c17-11-4-5-14(18)13(8-11)16(21)20-15-9-2-1-3-10(15)7-12(19)6-9;/h4-5,8-10,12,15H,1-3,6-7,19H2,(H,20,21);1H. The van der Waals surface area contributed by atoms with Gasteiger partial charge in [-0.2, -0.15) is 0 Å². The Morgan fingerprint density at radius 2 is 1.82 bits per heavy atom. The molecular weight excluding hydrogens is 310 g/mol. The van der Waals surface area contributed by atoms with Gasteiger partial charge >= 0.3 is 0 Å². The van der Waals surface area contributed by atoms with E-state index < -0.39 is 17.5 Å². The second kappa shape index (κ2) is 6.92. The molecule has 0 aliphatic heterocycles. The first-order chi connectivity index (χ1) is 10.0. The van der Waals surface area contributed by atoms with E-state index in [1.54, 1.807) is 0 Å². The smallest absolute Gasteiger partial charge is 0.254 e. The topological polar surface area (TPSA) is 55.1 Å². The normalized spacial score (nSPS) is 30.3. The summed E-state index contributed by atoms with van der Waals surface area (Å²) in [5.41, 5.74) is 5.83. The predicted octanol–water partition coefficient (Wildman–Crippen LogP) is 3.02. The largest absolute Gasteiger partial charge is 0.349 e. The summed E-state index contributed by atoms with van der Waals surface area (Å²) in [6.07, 6.45) is 5.03. The summed E-state index contributed by atoms with van der Waals surface area (Å²) in [5, 5.41) is 2.92. The second-order valence-corrected chi connectivity index (χ2v) is 6.31.